The van der Waals surface area contributed by atoms with Gasteiger partial charge in [-0.25, -0.2) is 0 Å². The summed E-state index contributed by atoms with van der Waals surface area (Å²) in [6, 6.07) is 40.1. The fourth-order valence-corrected chi connectivity index (χ4v) is 9.19. The molecule has 0 nitrogen and oxygen atoms in total. The van der Waals surface area contributed by atoms with Crippen molar-refractivity contribution in [3.05, 3.63) is 143 Å². The van der Waals surface area contributed by atoms with Crippen molar-refractivity contribution >= 4 is 29.6 Å². The maximum Gasteiger partial charge on any atom is 0.115 e. The summed E-state index contributed by atoms with van der Waals surface area (Å²) < 4.78 is 0. The second-order valence-electron chi connectivity index (χ2n) is 9.60. The number of hydrogen-bond donors (Lipinski definition) is 0. The Morgan fingerprint density at radius 2 is 0.788 bits per heavy atom. The van der Waals surface area contributed by atoms with Crippen LogP contribution in [0, 0.1) is 13.8 Å². The van der Waals surface area contributed by atoms with Crippen molar-refractivity contribution in [2.24, 2.45) is 0 Å². The van der Waals surface area contributed by atoms with Gasteiger partial charge in [-0.05, 0) is 57.6 Å². The molecule has 1 heterocycles. The van der Waals surface area contributed by atoms with Gasteiger partial charge in [-0.2, -0.15) is 0 Å². The first-order chi connectivity index (χ1) is 16.0. The molecule has 0 unspecified atom stereocenters. The Morgan fingerprint density at radius 1 is 0.424 bits per heavy atom. The Hall–Kier alpha value is -3.42. The van der Waals surface area contributed by atoms with Crippen molar-refractivity contribution in [2.75, 3.05) is 0 Å². The molecule has 4 aromatic rings. The van der Waals surface area contributed by atoms with Gasteiger partial charge in [-0.3, -0.25) is 0 Å². The van der Waals surface area contributed by atoms with Crippen LogP contribution in [0.5, 0.6) is 0 Å². The highest BCUT2D eigenvalue weighted by molar-refractivity contribution is 7.13. The minimum absolute atomic E-state index is 1.30. The predicted octanol–water partition coefficient (Wildman–Crippen LogP) is 8.63. The fraction of sp³-hybridized carbons (Fsp3) is 0.125. The normalized spacial score (nSPS) is 15.3. The van der Waals surface area contributed by atoms with Gasteiger partial charge in [0.25, 0.3) is 0 Å². The largest absolute Gasteiger partial charge is 0.115 e. The Balaban J connectivity index is 1.93. The van der Waals surface area contributed by atoms with E-state index in [1.165, 1.54) is 54.9 Å². The smallest absolute Gasteiger partial charge is 0.0622 e. The monoisotopic (exact) mass is 442 g/mol. The van der Waals surface area contributed by atoms with Crippen LogP contribution < -0.4 is 0 Å². The molecule has 33 heavy (non-hydrogen) atoms. The summed E-state index contributed by atoms with van der Waals surface area (Å²) in [5.74, 6) is 0. The molecule has 0 N–H and O–H groups in total. The molecule has 0 amide bonds. The molecular formula is C32H30Si. The molecule has 1 aliphatic heterocycles. The van der Waals surface area contributed by atoms with Gasteiger partial charge in [0, 0.05) is 0 Å². The van der Waals surface area contributed by atoms with Crippen molar-refractivity contribution < 1.29 is 0 Å². The van der Waals surface area contributed by atoms with Crippen LogP contribution in [0.3, 0.4) is 0 Å². The number of rotatable bonds is 4. The van der Waals surface area contributed by atoms with Gasteiger partial charge in [-0.1, -0.05) is 133 Å². The summed E-state index contributed by atoms with van der Waals surface area (Å²) in [4.78, 5) is 0. The summed E-state index contributed by atoms with van der Waals surface area (Å²) in [6.45, 7) is 9.45. The topological polar surface area (TPSA) is 0 Å². The predicted molar refractivity (Wildman–Crippen MR) is 146 cm³/mol. The maximum atomic E-state index is 2.53. The van der Waals surface area contributed by atoms with Crippen LogP contribution >= 0.6 is 0 Å². The standard InChI is InChI=1S/C32H30Si/c1-23-13-11-19-27(21-23)31-29(25-15-7-5-8-16-25)30(26-17-9-6-10-18-26)32(33(31,3)4)28-20-12-14-24(2)22-28/h5-22H,1-4H3. The lowest BCUT2D eigenvalue weighted by Gasteiger charge is -2.27. The lowest BCUT2D eigenvalue weighted by Crippen LogP contribution is -2.28. The molecule has 0 radical (unpaired) electrons. The number of hydrogen-bond acceptors (Lipinski definition) is 0. The zero-order valence-electron chi connectivity index (χ0n) is 19.9. The zero-order valence-corrected chi connectivity index (χ0v) is 20.9. The third-order valence-corrected chi connectivity index (χ3v) is 10.3. The maximum absolute atomic E-state index is 2.53. The van der Waals surface area contributed by atoms with E-state index in [1.807, 2.05) is 0 Å². The molecule has 1 heteroatoms. The number of allylic oxidation sites excluding steroid dienone is 2. The van der Waals surface area contributed by atoms with Gasteiger partial charge >= 0.3 is 0 Å². The van der Waals surface area contributed by atoms with Crippen molar-refractivity contribution in [2.45, 2.75) is 26.9 Å². The Morgan fingerprint density at radius 3 is 1.15 bits per heavy atom. The van der Waals surface area contributed by atoms with Crippen LogP contribution in [-0.2, 0) is 0 Å². The van der Waals surface area contributed by atoms with Crippen molar-refractivity contribution in [3.8, 4) is 0 Å². The average molecular weight is 443 g/mol. The van der Waals surface area contributed by atoms with Crippen molar-refractivity contribution in [3.63, 3.8) is 0 Å². The summed E-state index contributed by atoms with van der Waals surface area (Å²) in [5.41, 5.74) is 10.8. The van der Waals surface area contributed by atoms with E-state index in [9.17, 15) is 0 Å². The van der Waals surface area contributed by atoms with Crippen molar-refractivity contribution in [1.82, 2.24) is 0 Å². The second-order valence-corrected chi connectivity index (χ2v) is 13.8. The van der Waals surface area contributed by atoms with E-state index in [0.717, 1.165) is 0 Å². The average Bonchev–Trinajstić information content (AvgIpc) is 3.07. The van der Waals surface area contributed by atoms with E-state index in [4.69, 9.17) is 0 Å². The van der Waals surface area contributed by atoms with E-state index < -0.39 is 8.07 Å². The van der Waals surface area contributed by atoms with Crippen LogP contribution in [0.25, 0.3) is 21.5 Å². The molecule has 0 spiro atoms. The van der Waals surface area contributed by atoms with E-state index in [-0.39, 0.29) is 0 Å². The third kappa shape index (κ3) is 3.83. The fourth-order valence-electron chi connectivity index (χ4n) is 5.40. The van der Waals surface area contributed by atoms with Gasteiger partial charge in [-0.15, -0.1) is 0 Å². The molecule has 0 fully saturated rings. The lowest BCUT2D eigenvalue weighted by atomic mass is 9.89. The first kappa shape index (κ1) is 21.4. The minimum Gasteiger partial charge on any atom is -0.0622 e. The van der Waals surface area contributed by atoms with E-state index >= 15 is 0 Å². The zero-order chi connectivity index (χ0) is 23.0. The van der Waals surface area contributed by atoms with Gasteiger partial charge in [0.2, 0.25) is 0 Å². The Labute approximate surface area is 199 Å². The van der Waals surface area contributed by atoms with Crippen LogP contribution in [0.4, 0.5) is 0 Å². The number of aryl methyl sites for hydroxylation is 2. The molecule has 0 bridgehead atoms. The van der Waals surface area contributed by atoms with Crippen LogP contribution in [0.2, 0.25) is 13.1 Å². The summed E-state index contributed by atoms with van der Waals surface area (Å²) in [6.07, 6.45) is 0. The van der Waals surface area contributed by atoms with Crippen LogP contribution in [0.15, 0.2) is 109 Å². The molecule has 4 aromatic carbocycles. The molecule has 0 aromatic heterocycles. The third-order valence-electron chi connectivity index (χ3n) is 6.74. The van der Waals surface area contributed by atoms with Gasteiger partial charge < -0.3 is 0 Å². The summed E-state index contributed by atoms with van der Waals surface area (Å²) in [5, 5.41) is 3.07. The number of benzene rings is 4. The van der Waals surface area contributed by atoms with E-state index in [2.05, 4.69) is 136 Å². The molecule has 1 aliphatic rings. The summed E-state index contributed by atoms with van der Waals surface area (Å²) >= 11 is 0. The van der Waals surface area contributed by atoms with Gasteiger partial charge in [0.1, 0.15) is 8.07 Å². The highest BCUT2D eigenvalue weighted by atomic mass is 28.3. The van der Waals surface area contributed by atoms with E-state index in [0.29, 0.717) is 0 Å². The molecular weight excluding hydrogens is 412 g/mol. The minimum atomic E-state index is -2.06. The van der Waals surface area contributed by atoms with E-state index in [1.54, 1.807) is 0 Å². The Bertz CT molecular complexity index is 1270. The summed E-state index contributed by atoms with van der Waals surface area (Å²) in [7, 11) is -2.06. The molecule has 0 atom stereocenters. The van der Waals surface area contributed by atoms with Crippen LogP contribution in [-0.4, -0.2) is 8.07 Å². The molecule has 0 saturated heterocycles. The Kier molecular flexibility index (Phi) is 5.52. The highest BCUT2D eigenvalue weighted by Crippen LogP contribution is 2.55. The molecule has 0 saturated carbocycles. The quantitative estimate of drug-likeness (QED) is 0.277. The SMILES string of the molecule is Cc1cccc(C2=C(c3ccccc3)C(c3ccccc3)=C(c3cccc(C)c3)[Si]2(C)C)c1. The highest BCUT2D eigenvalue weighted by Gasteiger charge is 2.43. The van der Waals surface area contributed by atoms with Gasteiger partial charge in [0.15, 0.2) is 0 Å². The molecule has 5 rings (SSSR count). The van der Waals surface area contributed by atoms with Crippen molar-refractivity contribution in [1.29, 1.82) is 0 Å². The molecule has 0 aliphatic carbocycles. The first-order valence-electron chi connectivity index (χ1n) is 11.7. The first-order valence-corrected chi connectivity index (χ1v) is 14.7. The molecule has 162 valence electrons. The lowest BCUT2D eigenvalue weighted by molar-refractivity contribution is 1.45. The second kappa shape index (κ2) is 8.50. The van der Waals surface area contributed by atoms with Gasteiger partial charge in [0.05, 0.1) is 0 Å². The van der Waals surface area contributed by atoms with Crippen LogP contribution in [0.1, 0.15) is 33.4 Å².